The van der Waals surface area contributed by atoms with E-state index in [1.165, 1.54) is 12.4 Å². The molecule has 0 unspecified atom stereocenters. The van der Waals surface area contributed by atoms with Crippen LogP contribution < -0.4 is 4.74 Å². The highest BCUT2D eigenvalue weighted by Gasteiger charge is 1.99. The van der Waals surface area contributed by atoms with E-state index in [9.17, 15) is 4.79 Å². The van der Waals surface area contributed by atoms with Gasteiger partial charge in [-0.25, -0.2) is 0 Å². The molecule has 0 N–H and O–H groups in total. The van der Waals surface area contributed by atoms with E-state index in [0.29, 0.717) is 12.2 Å². The highest BCUT2D eigenvalue weighted by atomic mass is 16.5. The van der Waals surface area contributed by atoms with E-state index in [4.69, 9.17) is 4.74 Å². The number of hydrogen-bond donors (Lipinski definition) is 0. The van der Waals surface area contributed by atoms with Gasteiger partial charge in [-0.2, -0.15) is 10.2 Å². The Morgan fingerprint density at radius 3 is 3.00 bits per heavy atom. The van der Waals surface area contributed by atoms with Crippen LogP contribution in [0.1, 0.15) is 13.3 Å². The molecule has 1 rings (SSSR count). The van der Waals surface area contributed by atoms with Crippen molar-refractivity contribution in [1.82, 2.24) is 10.2 Å². The predicted molar refractivity (Wildman–Crippen MR) is 38.0 cm³/mol. The van der Waals surface area contributed by atoms with Gasteiger partial charge in [0.1, 0.15) is 0 Å². The summed E-state index contributed by atoms with van der Waals surface area (Å²) in [6.07, 6.45) is 3.23. The second-order valence-corrected chi connectivity index (χ2v) is 1.91. The molecule has 0 aromatic carbocycles. The highest BCUT2D eigenvalue weighted by Crippen LogP contribution is 2.05. The average Bonchev–Trinajstić information content (AvgIpc) is 2.06. The van der Waals surface area contributed by atoms with Crippen molar-refractivity contribution in [2.45, 2.75) is 13.3 Å². The fourth-order valence-electron chi connectivity index (χ4n) is 0.543. The predicted octanol–water partition coefficient (Wildman–Crippen LogP) is 0.792. The van der Waals surface area contributed by atoms with Crippen molar-refractivity contribution in [3.8, 4) is 5.75 Å². The molecule has 0 radical (unpaired) electrons. The van der Waals surface area contributed by atoms with Crippen LogP contribution in [0.2, 0.25) is 0 Å². The topological polar surface area (TPSA) is 52.1 Å². The van der Waals surface area contributed by atoms with Gasteiger partial charge in [-0.1, -0.05) is 6.92 Å². The lowest BCUT2D eigenvalue weighted by atomic mass is 10.5. The summed E-state index contributed by atoms with van der Waals surface area (Å²) in [5.74, 6) is 0.171. The van der Waals surface area contributed by atoms with Gasteiger partial charge in [0, 0.05) is 12.5 Å². The summed E-state index contributed by atoms with van der Waals surface area (Å²) in [6, 6.07) is 1.58. The Labute approximate surface area is 64.2 Å². The Balaban J connectivity index is 2.58. The fraction of sp³-hybridized carbons (Fsp3) is 0.286. The molecule has 0 saturated heterocycles. The molecule has 1 heterocycles. The minimum Gasteiger partial charge on any atom is -0.425 e. The van der Waals surface area contributed by atoms with Crippen molar-refractivity contribution in [2.24, 2.45) is 0 Å². The second kappa shape index (κ2) is 3.65. The molecular formula is C7H8N2O2. The van der Waals surface area contributed by atoms with Crippen molar-refractivity contribution in [3.63, 3.8) is 0 Å². The van der Waals surface area contributed by atoms with Crippen LogP contribution in [0.15, 0.2) is 18.5 Å². The molecule has 4 heteroatoms. The third-order valence-corrected chi connectivity index (χ3v) is 1.08. The first-order chi connectivity index (χ1) is 5.33. The maximum Gasteiger partial charge on any atom is 0.310 e. The number of ether oxygens (including phenoxy) is 1. The molecule has 4 nitrogen and oxygen atoms in total. The Bertz CT molecular complexity index is 235. The molecule has 58 valence electrons. The molecule has 0 fully saturated rings. The maximum absolute atomic E-state index is 10.7. The zero-order valence-corrected chi connectivity index (χ0v) is 6.15. The number of carbonyl (C=O) groups is 1. The van der Waals surface area contributed by atoms with E-state index in [1.807, 2.05) is 0 Å². The molecule has 11 heavy (non-hydrogen) atoms. The number of rotatable bonds is 2. The molecule has 0 spiro atoms. The summed E-state index contributed by atoms with van der Waals surface area (Å²) in [5, 5.41) is 7.08. The quantitative estimate of drug-likeness (QED) is 0.588. The summed E-state index contributed by atoms with van der Waals surface area (Å²) in [5.41, 5.74) is 0. The average molecular weight is 152 g/mol. The van der Waals surface area contributed by atoms with Crippen LogP contribution in [-0.2, 0) is 4.79 Å². The van der Waals surface area contributed by atoms with E-state index in [2.05, 4.69) is 10.2 Å². The Morgan fingerprint density at radius 1 is 1.64 bits per heavy atom. The van der Waals surface area contributed by atoms with Gasteiger partial charge in [-0.3, -0.25) is 4.79 Å². The Morgan fingerprint density at radius 2 is 2.45 bits per heavy atom. The van der Waals surface area contributed by atoms with Gasteiger partial charge in [-0.15, -0.1) is 0 Å². The molecule has 0 aliphatic heterocycles. The first-order valence-corrected chi connectivity index (χ1v) is 3.30. The molecule has 0 bridgehead atoms. The highest BCUT2D eigenvalue weighted by molar-refractivity contribution is 5.71. The third kappa shape index (κ3) is 2.33. The van der Waals surface area contributed by atoms with E-state index in [-0.39, 0.29) is 5.97 Å². The van der Waals surface area contributed by atoms with Crippen LogP contribution >= 0.6 is 0 Å². The molecule has 0 saturated carbocycles. The number of nitrogens with zero attached hydrogens (tertiary/aromatic N) is 2. The van der Waals surface area contributed by atoms with E-state index < -0.39 is 0 Å². The standard InChI is InChI=1S/C7H8N2O2/c1-2-7(10)11-6-3-4-8-9-5-6/h3-5H,2H2,1H3. The summed E-state index contributed by atoms with van der Waals surface area (Å²) >= 11 is 0. The van der Waals surface area contributed by atoms with Crippen molar-refractivity contribution in [1.29, 1.82) is 0 Å². The number of hydrogen-bond acceptors (Lipinski definition) is 4. The van der Waals surface area contributed by atoms with Gasteiger partial charge < -0.3 is 4.74 Å². The zero-order valence-electron chi connectivity index (χ0n) is 6.15. The Hall–Kier alpha value is -1.45. The van der Waals surface area contributed by atoms with E-state index >= 15 is 0 Å². The van der Waals surface area contributed by atoms with Gasteiger partial charge in [0.2, 0.25) is 0 Å². The van der Waals surface area contributed by atoms with Crippen LogP contribution in [-0.4, -0.2) is 16.2 Å². The molecular weight excluding hydrogens is 144 g/mol. The van der Waals surface area contributed by atoms with Crippen molar-refractivity contribution in [2.75, 3.05) is 0 Å². The minimum absolute atomic E-state index is 0.266. The molecule has 1 aromatic rings. The third-order valence-electron chi connectivity index (χ3n) is 1.08. The van der Waals surface area contributed by atoms with Crippen LogP contribution in [0, 0.1) is 0 Å². The lowest BCUT2D eigenvalue weighted by Crippen LogP contribution is -2.05. The number of esters is 1. The smallest absolute Gasteiger partial charge is 0.310 e. The number of carbonyl (C=O) groups excluding carboxylic acids is 1. The molecule has 0 atom stereocenters. The lowest BCUT2D eigenvalue weighted by molar-refractivity contribution is -0.134. The normalized spacial score (nSPS) is 9.18. The van der Waals surface area contributed by atoms with E-state index in [1.54, 1.807) is 13.0 Å². The first kappa shape index (κ1) is 7.65. The monoisotopic (exact) mass is 152 g/mol. The van der Waals surface area contributed by atoms with Crippen LogP contribution in [0.3, 0.4) is 0 Å². The van der Waals surface area contributed by atoms with Crippen molar-refractivity contribution in [3.05, 3.63) is 18.5 Å². The van der Waals surface area contributed by atoms with Gasteiger partial charge in [0.25, 0.3) is 0 Å². The van der Waals surface area contributed by atoms with Gasteiger partial charge in [0.05, 0.1) is 12.4 Å². The summed E-state index contributed by atoms with van der Waals surface area (Å²) in [4.78, 5) is 10.7. The maximum atomic E-state index is 10.7. The SMILES string of the molecule is CCC(=O)Oc1ccnnc1. The van der Waals surface area contributed by atoms with Gasteiger partial charge in [-0.05, 0) is 0 Å². The Kier molecular flexibility index (Phi) is 2.54. The summed E-state index contributed by atoms with van der Waals surface area (Å²) in [6.45, 7) is 1.73. The molecule has 1 aromatic heterocycles. The van der Waals surface area contributed by atoms with Gasteiger partial charge in [0.15, 0.2) is 5.75 Å². The molecule has 0 aliphatic rings. The number of aromatic nitrogens is 2. The summed E-state index contributed by atoms with van der Waals surface area (Å²) in [7, 11) is 0. The molecule has 0 aliphatic carbocycles. The van der Waals surface area contributed by atoms with Crippen LogP contribution in [0.25, 0.3) is 0 Å². The van der Waals surface area contributed by atoms with Crippen molar-refractivity contribution >= 4 is 5.97 Å². The lowest BCUT2D eigenvalue weighted by Gasteiger charge is -1.98. The van der Waals surface area contributed by atoms with Crippen molar-refractivity contribution < 1.29 is 9.53 Å². The zero-order chi connectivity index (χ0) is 8.10. The first-order valence-electron chi connectivity index (χ1n) is 3.30. The largest absolute Gasteiger partial charge is 0.425 e. The molecule has 0 amide bonds. The summed E-state index contributed by atoms with van der Waals surface area (Å²) < 4.78 is 4.82. The van der Waals surface area contributed by atoms with Crippen LogP contribution in [0.5, 0.6) is 5.75 Å². The van der Waals surface area contributed by atoms with E-state index in [0.717, 1.165) is 0 Å². The van der Waals surface area contributed by atoms with Crippen LogP contribution in [0.4, 0.5) is 0 Å². The second-order valence-electron chi connectivity index (χ2n) is 1.91. The fourth-order valence-corrected chi connectivity index (χ4v) is 0.543. The minimum atomic E-state index is -0.266. The van der Waals surface area contributed by atoms with Gasteiger partial charge >= 0.3 is 5.97 Å².